The van der Waals surface area contributed by atoms with Crippen LogP contribution in [0.15, 0.2) is 22.8 Å². The van der Waals surface area contributed by atoms with Crippen LogP contribution in [0, 0.1) is 0 Å². The Morgan fingerprint density at radius 1 is 1.38 bits per heavy atom. The number of carbonyl (C=O) groups is 1. The number of furan rings is 1. The van der Waals surface area contributed by atoms with Crippen molar-refractivity contribution >= 4 is 5.78 Å². The summed E-state index contributed by atoms with van der Waals surface area (Å²) in [5.74, 6) is 0.902. The smallest absolute Gasteiger partial charge is 0.284 e. The molecule has 0 spiro atoms. The van der Waals surface area contributed by atoms with Gasteiger partial charge in [-0.15, -0.1) is 0 Å². The molecule has 3 nitrogen and oxygen atoms in total. The first-order valence-corrected chi connectivity index (χ1v) is 4.56. The monoisotopic (exact) mass is 180 g/mol. The molecule has 1 aliphatic carbocycles. The number of hydrogen-bond donors (Lipinski definition) is 0. The van der Waals surface area contributed by atoms with Gasteiger partial charge in [-0.3, -0.25) is 4.79 Å². The third-order valence-corrected chi connectivity index (χ3v) is 2.27. The van der Waals surface area contributed by atoms with E-state index in [2.05, 4.69) is 0 Å². The van der Waals surface area contributed by atoms with Crippen molar-refractivity contribution in [3.05, 3.63) is 18.4 Å². The van der Waals surface area contributed by atoms with Crippen LogP contribution < -0.4 is 4.74 Å². The van der Waals surface area contributed by atoms with Gasteiger partial charge in [0.05, 0.1) is 6.26 Å². The van der Waals surface area contributed by atoms with Crippen molar-refractivity contribution < 1.29 is 13.9 Å². The van der Waals surface area contributed by atoms with Crippen LogP contribution in [0.2, 0.25) is 0 Å². The molecule has 0 saturated heterocycles. The molecule has 0 aromatic carbocycles. The minimum Gasteiger partial charge on any atom is -0.462 e. The average molecular weight is 180 g/mol. The van der Waals surface area contributed by atoms with Crippen LogP contribution in [0.4, 0.5) is 0 Å². The van der Waals surface area contributed by atoms with Gasteiger partial charge in [-0.25, -0.2) is 0 Å². The second-order valence-corrected chi connectivity index (χ2v) is 3.29. The van der Waals surface area contributed by atoms with Crippen LogP contribution >= 0.6 is 0 Å². The van der Waals surface area contributed by atoms with E-state index >= 15 is 0 Å². The summed E-state index contributed by atoms with van der Waals surface area (Å²) in [6, 6.07) is 3.58. The first kappa shape index (κ1) is 8.35. The van der Waals surface area contributed by atoms with Gasteiger partial charge < -0.3 is 9.15 Å². The van der Waals surface area contributed by atoms with Gasteiger partial charge in [0.15, 0.2) is 0 Å². The molecular formula is C10H12O3. The molecule has 0 atom stereocenters. The molecule has 3 heteroatoms. The minimum absolute atomic E-state index is 0.156. The van der Waals surface area contributed by atoms with Crippen LogP contribution in [0.1, 0.15) is 25.7 Å². The Hall–Kier alpha value is -1.25. The molecule has 0 aliphatic heterocycles. The molecule has 1 aromatic heterocycles. The maximum Gasteiger partial charge on any atom is 0.284 e. The highest BCUT2D eigenvalue weighted by Crippen LogP contribution is 2.21. The third kappa shape index (κ3) is 2.11. The van der Waals surface area contributed by atoms with Crippen molar-refractivity contribution in [2.45, 2.75) is 31.8 Å². The van der Waals surface area contributed by atoms with E-state index in [1.165, 1.54) is 0 Å². The summed E-state index contributed by atoms with van der Waals surface area (Å²) >= 11 is 0. The van der Waals surface area contributed by atoms with Crippen LogP contribution in [0.5, 0.6) is 5.95 Å². The first-order valence-electron chi connectivity index (χ1n) is 4.56. The topological polar surface area (TPSA) is 39.4 Å². The predicted octanol–water partition coefficient (Wildman–Crippen LogP) is 2.17. The summed E-state index contributed by atoms with van der Waals surface area (Å²) in [5, 5.41) is 0. The van der Waals surface area contributed by atoms with Gasteiger partial charge >= 0.3 is 0 Å². The quantitative estimate of drug-likeness (QED) is 0.700. The highest BCUT2D eigenvalue weighted by molar-refractivity contribution is 5.79. The van der Waals surface area contributed by atoms with Gasteiger partial charge in [-0.2, -0.15) is 0 Å². The molecule has 0 radical (unpaired) electrons. The SMILES string of the molecule is O=C1CCC(Oc2ccco2)CC1. The molecule has 13 heavy (non-hydrogen) atoms. The standard InChI is InChI=1S/C10H12O3/c11-8-3-5-9(6-4-8)13-10-2-1-7-12-10/h1-2,7,9H,3-6H2. The summed E-state index contributed by atoms with van der Waals surface area (Å²) in [5.41, 5.74) is 0. The van der Waals surface area contributed by atoms with E-state index in [1.54, 1.807) is 18.4 Å². The number of ether oxygens (including phenoxy) is 1. The van der Waals surface area contributed by atoms with Crippen LogP contribution in [-0.2, 0) is 4.79 Å². The fraction of sp³-hybridized carbons (Fsp3) is 0.500. The highest BCUT2D eigenvalue weighted by Gasteiger charge is 2.20. The Bertz CT molecular complexity index is 266. The molecule has 1 heterocycles. The van der Waals surface area contributed by atoms with Crippen molar-refractivity contribution in [1.29, 1.82) is 0 Å². The Morgan fingerprint density at radius 3 is 2.77 bits per heavy atom. The maximum absolute atomic E-state index is 10.9. The summed E-state index contributed by atoms with van der Waals surface area (Å²) in [7, 11) is 0. The zero-order valence-electron chi connectivity index (χ0n) is 7.36. The lowest BCUT2D eigenvalue weighted by Gasteiger charge is -2.20. The number of Topliss-reactive ketones (excluding diaryl/α,β-unsaturated/α-hetero) is 1. The van der Waals surface area contributed by atoms with E-state index in [-0.39, 0.29) is 6.10 Å². The van der Waals surface area contributed by atoms with Gasteiger partial charge in [-0.05, 0) is 18.9 Å². The molecule has 1 aromatic rings. The van der Waals surface area contributed by atoms with Crippen molar-refractivity contribution in [3.8, 4) is 5.95 Å². The second kappa shape index (κ2) is 3.64. The largest absolute Gasteiger partial charge is 0.462 e. The zero-order valence-corrected chi connectivity index (χ0v) is 7.36. The Morgan fingerprint density at radius 2 is 2.15 bits per heavy atom. The molecule has 2 rings (SSSR count). The minimum atomic E-state index is 0.156. The van der Waals surface area contributed by atoms with Crippen LogP contribution in [0.25, 0.3) is 0 Å². The highest BCUT2D eigenvalue weighted by atomic mass is 16.6. The molecule has 1 saturated carbocycles. The summed E-state index contributed by atoms with van der Waals surface area (Å²) in [6.07, 6.45) is 4.67. The molecule has 0 amide bonds. The number of carbonyl (C=O) groups excluding carboxylic acids is 1. The summed E-state index contributed by atoms with van der Waals surface area (Å²) in [6.45, 7) is 0. The lowest BCUT2D eigenvalue weighted by Crippen LogP contribution is -2.23. The molecule has 0 unspecified atom stereocenters. The Labute approximate surface area is 76.7 Å². The third-order valence-electron chi connectivity index (χ3n) is 2.27. The van der Waals surface area contributed by atoms with E-state index < -0.39 is 0 Å². The molecule has 1 aliphatic rings. The van der Waals surface area contributed by atoms with Gasteiger partial charge in [0.25, 0.3) is 5.95 Å². The lowest BCUT2D eigenvalue weighted by molar-refractivity contribution is -0.121. The van der Waals surface area contributed by atoms with Gasteiger partial charge in [0.1, 0.15) is 11.9 Å². The van der Waals surface area contributed by atoms with Crippen LogP contribution in [0.3, 0.4) is 0 Å². The van der Waals surface area contributed by atoms with E-state index in [1.807, 2.05) is 0 Å². The predicted molar refractivity (Wildman–Crippen MR) is 46.6 cm³/mol. The normalized spacial score (nSPS) is 18.9. The maximum atomic E-state index is 10.9. The number of ketones is 1. The average Bonchev–Trinajstić information content (AvgIpc) is 2.62. The van der Waals surface area contributed by atoms with E-state index in [9.17, 15) is 4.79 Å². The molecule has 1 fully saturated rings. The number of rotatable bonds is 2. The van der Waals surface area contributed by atoms with Gasteiger partial charge in [-0.1, -0.05) is 0 Å². The first-order chi connectivity index (χ1) is 6.34. The van der Waals surface area contributed by atoms with Crippen molar-refractivity contribution in [2.75, 3.05) is 0 Å². The number of hydrogen-bond acceptors (Lipinski definition) is 3. The Kier molecular flexibility index (Phi) is 2.34. The fourth-order valence-corrected chi connectivity index (χ4v) is 1.53. The Balaban J connectivity index is 1.86. The molecule has 0 bridgehead atoms. The summed E-state index contributed by atoms with van der Waals surface area (Å²) < 4.78 is 10.6. The van der Waals surface area contributed by atoms with Crippen molar-refractivity contribution in [1.82, 2.24) is 0 Å². The second-order valence-electron chi connectivity index (χ2n) is 3.29. The van der Waals surface area contributed by atoms with E-state index in [4.69, 9.17) is 9.15 Å². The van der Waals surface area contributed by atoms with E-state index in [0.29, 0.717) is 24.6 Å². The van der Waals surface area contributed by atoms with Crippen molar-refractivity contribution in [3.63, 3.8) is 0 Å². The summed E-state index contributed by atoms with van der Waals surface area (Å²) in [4.78, 5) is 10.9. The van der Waals surface area contributed by atoms with Gasteiger partial charge in [0, 0.05) is 18.9 Å². The van der Waals surface area contributed by atoms with E-state index in [0.717, 1.165) is 12.8 Å². The molecular weight excluding hydrogens is 168 g/mol. The fourth-order valence-electron chi connectivity index (χ4n) is 1.53. The van der Waals surface area contributed by atoms with Gasteiger partial charge in [0.2, 0.25) is 0 Å². The van der Waals surface area contributed by atoms with Crippen LogP contribution in [-0.4, -0.2) is 11.9 Å². The lowest BCUT2D eigenvalue weighted by atomic mass is 9.97. The molecule has 0 N–H and O–H groups in total. The molecule has 70 valence electrons. The van der Waals surface area contributed by atoms with Crippen molar-refractivity contribution in [2.24, 2.45) is 0 Å². The zero-order chi connectivity index (χ0) is 9.10.